The van der Waals surface area contributed by atoms with Crippen LogP contribution in [0.5, 0.6) is 17.2 Å². The highest BCUT2D eigenvalue weighted by Crippen LogP contribution is 2.42. The molecule has 0 bridgehead atoms. The number of alkyl carbamates (subject to hydrolysis) is 1. The van der Waals surface area contributed by atoms with Crippen LogP contribution in [0, 0.1) is 5.41 Å². The van der Waals surface area contributed by atoms with Crippen LogP contribution < -0.4 is 19.5 Å². The van der Waals surface area contributed by atoms with E-state index < -0.39 is 11.7 Å². The number of benzene rings is 2. The molecule has 2 aromatic carbocycles. The van der Waals surface area contributed by atoms with Gasteiger partial charge in [-0.3, -0.25) is 4.79 Å². The van der Waals surface area contributed by atoms with E-state index in [0.29, 0.717) is 24.5 Å². The Morgan fingerprint density at radius 1 is 0.927 bits per heavy atom. The molecule has 2 amide bonds. The number of hydrogen-bond donors (Lipinski definition) is 1. The minimum Gasteiger partial charge on any atom is -0.497 e. The maximum Gasteiger partial charge on any atom is 0.408 e. The van der Waals surface area contributed by atoms with Gasteiger partial charge in [0.15, 0.2) is 11.5 Å². The summed E-state index contributed by atoms with van der Waals surface area (Å²) in [6.45, 7) is 9.48. The molecule has 2 aromatic rings. The van der Waals surface area contributed by atoms with Gasteiger partial charge in [-0.1, -0.05) is 18.2 Å². The first-order valence-corrected chi connectivity index (χ1v) is 14.4. The predicted octanol–water partition coefficient (Wildman–Crippen LogP) is 5.18. The molecule has 1 atom stereocenters. The van der Waals surface area contributed by atoms with Crippen molar-refractivity contribution in [3.63, 3.8) is 0 Å². The van der Waals surface area contributed by atoms with Crippen molar-refractivity contribution in [3.05, 3.63) is 53.6 Å². The number of carbonyl (C=O) groups is 2. The zero-order valence-corrected chi connectivity index (χ0v) is 25.3. The number of amides is 2. The van der Waals surface area contributed by atoms with Crippen LogP contribution in [0.3, 0.4) is 0 Å². The first-order chi connectivity index (χ1) is 19.6. The number of nitrogens with zero attached hydrogens (tertiary/aromatic N) is 2. The van der Waals surface area contributed by atoms with Gasteiger partial charge >= 0.3 is 6.09 Å². The lowest BCUT2D eigenvalue weighted by Gasteiger charge is -2.38. The van der Waals surface area contributed by atoms with Gasteiger partial charge in [0.25, 0.3) is 0 Å². The third kappa shape index (κ3) is 7.64. The van der Waals surface area contributed by atoms with Crippen LogP contribution in [0.15, 0.2) is 42.5 Å². The van der Waals surface area contributed by atoms with Gasteiger partial charge in [-0.15, -0.1) is 0 Å². The minimum absolute atomic E-state index is 0.263. The van der Waals surface area contributed by atoms with Crippen LogP contribution in [0.25, 0.3) is 0 Å². The van der Waals surface area contributed by atoms with E-state index in [1.165, 1.54) is 0 Å². The summed E-state index contributed by atoms with van der Waals surface area (Å²) in [4.78, 5) is 30.6. The molecule has 4 rings (SSSR count). The van der Waals surface area contributed by atoms with Gasteiger partial charge in [0, 0.05) is 19.6 Å². The van der Waals surface area contributed by atoms with E-state index in [0.717, 1.165) is 62.3 Å². The van der Waals surface area contributed by atoms with Gasteiger partial charge in [0.1, 0.15) is 11.4 Å². The molecule has 224 valence electrons. The number of likely N-dealkylation sites (tertiary alicyclic amines) is 2. The summed E-state index contributed by atoms with van der Waals surface area (Å²) in [5.74, 6) is 2.35. The largest absolute Gasteiger partial charge is 0.497 e. The van der Waals surface area contributed by atoms with Gasteiger partial charge < -0.3 is 34.1 Å². The minimum atomic E-state index is -0.595. The summed E-state index contributed by atoms with van der Waals surface area (Å²) in [5.41, 5.74) is 1.18. The van der Waals surface area contributed by atoms with Gasteiger partial charge in [0.05, 0.1) is 32.8 Å². The zero-order chi connectivity index (χ0) is 29.6. The van der Waals surface area contributed by atoms with Crippen molar-refractivity contribution in [3.8, 4) is 17.2 Å². The monoisotopic (exact) mass is 567 g/mol. The number of carbonyl (C=O) groups excluding carboxylic acids is 2. The van der Waals surface area contributed by atoms with Crippen LogP contribution in [0.4, 0.5) is 4.79 Å². The number of methoxy groups -OCH3 is 3. The van der Waals surface area contributed by atoms with E-state index in [9.17, 15) is 9.59 Å². The smallest absolute Gasteiger partial charge is 0.408 e. The van der Waals surface area contributed by atoms with E-state index in [2.05, 4.69) is 10.2 Å². The lowest BCUT2D eigenvalue weighted by atomic mass is 9.77. The average molecular weight is 568 g/mol. The first-order valence-electron chi connectivity index (χ1n) is 14.4. The standard InChI is InChI=1S/C32H45N3O6/c1-31(2,3)41-30(37)33-26(24-9-12-27(39-5)28(21-24)40-6)13-17-34-18-14-32(15-19-34)16-20-35(29(32)36)22-23-7-10-25(38-4)11-8-23/h7-12,21,26H,13-20,22H2,1-6H3,(H,33,37). The molecule has 2 saturated heterocycles. The topological polar surface area (TPSA) is 89.6 Å². The Kier molecular flexibility index (Phi) is 9.68. The fourth-order valence-electron chi connectivity index (χ4n) is 5.82. The van der Waals surface area contributed by atoms with Crippen LogP contribution in [-0.2, 0) is 16.1 Å². The molecule has 9 nitrogen and oxygen atoms in total. The molecule has 1 spiro atoms. The molecule has 0 aliphatic carbocycles. The first kappa shape index (κ1) is 30.5. The second-order valence-electron chi connectivity index (χ2n) is 12.0. The van der Waals surface area contributed by atoms with E-state index in [4.69, 9.17) is 18.9 Å². The predicted molar refractivity (Wildman–Crippen MR) is 157 cm³/mol. The Morgan fingerprint density at radius 2 is 1.59 bits per heavy atom. The molecule has 1 unspecified atom stereocenters. The van der Waals surface area contributed by atoms with Crippen LogP contribution in [0.2, 0.25) is 0 Å². The van der Waals surface area contributed by atoms with Crippen molar-refractivity contribution in [2.75, 3.05) is 47.5 Å². The van der Waals surface area contributed by atoms with E-state index in [1.54, 1.807) is 21.3 Å². The lowest BCUT2D eigenvalue weighted by Crippen LogP contribution is -2.45. The maximum atomic E-state index is 13.5. The zero-order valence-electron chi connectivity index (χ0n) is 25.3. The Bertz CT molecular complexity index is 1180. The molecular formula is C32H45N3O6. The van der Waals surface area contributed by atoms with Crippen molar-refractivity contribution >= 4 is 12.0 Å². The molecule has 1 N–H and O–H groups in total. The molecular weight excluding hydrogens is 522 g/mol. The number of hydrogen-bond acceptors (Lipinski definition) is 7. The van der Waals surface area contributed by atoms with Crippen LogP contribution in [-0.4, -0.2) is 74.9 Å². The Balaban J connectivity index is 1.36. The quantitative estimate of drug-likeness (QED) is 0.423. The molecule has 0 saturated carbocycles. The number of ether oxygens (including phenoxy) is 4. The molecule has 41 heavy (non-hydrogen) atoms. The van der Waals surface area contributed by atoms with Gasteiger partial charge in [-0.25, -0.2) is 4.79 Å². The summed E-state index contributed by atoms with van der Waals surface area (Å²) in [5, 5.41) is 3.06. The van der Waals surface area contributed by atoms with Gasteiger partial charge in [0.2, 0.25) is 5.91 Å². The second-order valence-corrected chi connectivity index (χ2v) is 12.0. The SMILES string of the molecule is COc1ccc(CN2CCC3(CCN(CCC(NC(=O)OC(C)(C)C)c4ccc(OC)c(OC)c4)CC3)C2=O)cc1. The summed E-state index contributed by atoms with van der Waals surface area (Å²) in [6, 6.07) is 13.4. The summed E-state index contributed by atoms with van der Waals surface area (Å²) in [6.07, 6.45) is 2.85. The lowest BCUT2D eigenvalue weighted by molar-refractivity contribution is -0.138. The fourth-order valence-corrected chi connectivity index (χ4v) is 5.82. The summed E-state index contributed by atoms with van der Waals surface area (Å²) >= 11 is 0. The Labute approximate surface area is 244 Å². The Morgan fingerprint density at radius 3 is 2.20 bits per heavy atom. The molecule has 2 aliphatic rings. The van der Waals surface area contributed by atoms with E-state index >= 15 is 0 Å². The van der Waals surface area contributed by atoms with Crippen molar-refractivity contribution in [1.82, 2.24) is 15.1 Å². The second kappa shape index (κ2) is 13.0. The van der Waals surface area contributed by atoms with Crippen LogP contribution in [0.1, 0.15) is 63.6 Å². The molecule has 0 radical (unpaired) electrons. The number of rotatable bonds is 10. The molecule has 2 aliphatic heterocycles. The normalized spacial score (nSPS) is 17.8. The highest BCUT2D eigenvalue weighted by atomic mass is 16.6. The molecule has 0 aromatic heterocycles. The van der Waals surface area contributed by atoms with E-state index in [-0.39, 0.29) is 17.4 Å². The molecule has 2 heterocycles. The Hall–Kier alpha value is -3.46. The van der Waals surface area contributed by atoms with Crippen molar-refractivity contribution in [1.29, 1.82) is 0 Å². The van der Waals surface area contributed by atoms with Gasteiger partial charge in [-0.05, 0) is 94.9 Å². The van der Waals surface area contributed by atoms with Gasteiger partial charge in [-0.2, -0.15) is 0 Å². The third-order valence-electron chi connectivity index (χ3n) is 8.18. The molecule has 2 fully saturated rings. The maximum absolute atomic E-state index is 13.5. The van der Waals surface area contributed by atoms with Crippen molar-refractivity contribution in [2.45, 2.75) is 64.6 Å². The van der Waals surface area contributed by atoms with E-state index in [1.807, 2.05) is 68.1 Å². The van der Waals surface area contributed by atoms with Crippen LogP contribution >= 0.6 is 0 Å². The highest BCUT2D eigenvalue weighted by molar-refractivity contribution is 5.85. The third-order valence-corrected chi connectivity index (χ3v) is 8.18. The average Bonchev–Trinajstić information content (AvgIpc) is 3.25. The highest BCUT2D eigenvalue weighted by Gasteiger charge is 2.47. The summed E-state index contributed by atoms with van der Waals surface area (Å²) < 4.78 is 21.7. The molecule has 9 heteroatoms. The summed E-state index contributed by atoms with van der Waals surface area (Å²) in [7, 11) is 4.86. The number of piperidine rings is 1. The van der Waals surface area contributed by atoms with Crippen molar-refractivity contribution in [2.24, 2.45) is 5.41 Å². The number of nitrogens with one attached hydrogen (secondary N) is 1. The fraction of sp³-hybridized carbons (Fsp3) is 0.562. The van der Waals surface area contributed by atoms with Crippen molar-refractivity contribution < 1.29 is 28.5 Å².